The van der Waals surface area contributed by atoms with Crippen LogP contribution in [0.15, 0.2) is 12.1 Å². The molecule has 0 saturated carbocycles. The molecule has 1 aromatic rings. The van der Waals surface area contributed by atoms with Crippen molar-refractivity contribution in [1.82, 2.24) is 5.32 Å². The fourth-order valence-corrected chi connectivity index (χ4v) is 2.92. The van der Waals surface area contributed by atoms with Crippen LogP contribution in [0.3, 0.4) is 0 Å². The summed E-state index contributed by atoms with van der Waals surface area (Å²) in [6.45, 7) is 2.10. The van der Waals surface area contributed by atoms with E-state index in [0.717, 1.165) is 32.4 Å². The number of methoxy groups -OCH3 is 3. The molecule has 7 heteroatoms. The molecule has 1 amide bonds. The summed E-state index contributed by atoms with van der Waals surface area (Å²) in [6.07, 6.45) is 3.73. The van der Waals surface area contributed by atoms with E-state index in [4.69, 9.17) is 14.2 Å². The predicted octanol–water partition coefficient (Wildman–Crippen LogP) is 2.85. The molecule has 1 aliphatic rings. The molecule has 2 N–H and O–H groups in total. The first-order chi connectivity index (χ1) is 11.2. The maximum absolute atomic E-state index is 12.2. The molecule has 0 bridgehead atoms. The number of nitrogens with one attached hydrogen (secondary N) is 2. The highest BCUT2D eigenvalue weighted by molar-refractivity contribution is 5.93. The van der Waals surface area contributed by atoms with Crippen molar-refractivity contribution in [3.8, 4) is 17.2 Å². The van der Waals surface area contributed by atoms with Crippen molar-refractivity contribution in [3.05, 3.63) is 12.1 Å². The van der Waals surface area contributed by atoms with Crippen LogP contribution >= 0.6 is 12.4 Å². The summed E-state index contributed by atoms with van der Waals surface area (Å²) in [5.41, 5.74) is 0.598. The number of carbonyl (C=O) groups is 1. The number of anilines is 1. The van der Waals surface area contributed by atoms with Crippen LogP contribution in [0, 0.1) is 5.92 Å². The first kappa shape index (κ1) is 20.4. The molecule has 136 valence electrons. The van der Waals surface area contributed by atoms with E-state index in [0.29, 0.717) is 35.3 Å². The first-order valence-electron chi connectivity index (χ1n) is 7.99. The van der Waals surface area contributed by atoms with Crippen molar-refractivity contribution >= 4 is 24.0 Å². The van der Waals surface area contributed by atoms with Gasteiger partial charge in [-0.2, -0.15) is 0 Å². The second-order valence-electron chi connectivity index (χ2n) is 5.66. The standard InChI is InChI=1S/C17H26N2O4.ClH/c1-21-14-6-5-13(16(22-2)17(14)23-3)19-15(20)7-4-12-8-10-18-11-9-12;/h5-6,12,18H,4,7-11H2,1-3H3,(H,19,20);1H. The second-order valence-corrected chi connectivity index (χ2v) is 5.66. The summed E-state index contributed by atoms with van der Waals surface area (Å²) in [7, 11) is 4.65. The Labute approximate surface area is 149 Å². The second kappa shape index (κ2) is 10.3. The monoisotopic (exact) mass is 358 g/mol. The van der Waals surface area contributed by atoms with Gasteiger partial charge in [0, 0.05) is 6.42 Å². The molecule has 0 aromatic heterocycles. The minimum absolute atomic E-state index is 0. The maximum Gasteiger partial charge on any atom is 0.224 e. The average molecular weight is 359 g/mol. The summed E-state index contributed by atoms with van der Waals surface area (Å²) < 4.78 is 15.9. The Bertz CT molecular complexity index is 534. The number of ether oxygens (including phenoxy) is 3. The van der Waals surface area contributed by atoms with Gasteiger partial charge in [0.2, 0.25) is 11.7 Å². The van der Waals surface area contributed by atoms with Crippen molar-refractivity contribution in [1.29, 1.82) is 0 Å². The van der Waals surface area contributed by atoms with Crippen molar-refractivity contribution < 1.29 is 19.0 Å². The fourth-order valence-electron chi connectivity index (χ4n) is 2.92. The third-order valence-corrected chi connectivity index (χ3v) is 4.22. The lowest BCUT2D eigenvalue weighted by molar-refractivity contribution is -0.116. The van der Waals surface area contributed by atoms with E-state index in [1.807, 2.05) is 0 Å². The van der Waals surface area contributed by atoms with Gasteiger partial charge in [-0.25, -0.2) is 0 Å². The van der Waals surface area contributed by atoms with Crippen molar-refractivity contribution in [2.24, 2.45) is 5.92 Å². The lowest BCUT2D eigenvalue weighted by atomic mass is 9.93. The Kier molecular flexibility index (Phi) is 8.71. The molecule has 1 aromatic carbocycles. The smallest absolute Gasteiger partial charge is 0.224 e. The third kappa shape index (κ3) is 5.18. The Morgan fingerprint density at radius 2 is 1.79 bits per heavy atom. The first-order valence-corrected chi connectivity index (χ1v) is 7.99. The summed E-state index contributed by atoms with van der Waals surface area (Å²) in [4.78, 5) is 12.2. The highest BCUT2D eigenvalue weighted by Gasteiger charge is 2.18. The Morgan fingerprint density at radius 1 is 1.12 bits per heavy atom. The molecule has 1 saturated heterocycles. The topological polar surface area (TPSA) is 68.8 Å². The van der Waals surface area contributed by atoms with Gasteiger partial charge in [-0.05, 0) is 50.4 Å². The van der Waals surface area contributed by atoms with Gasteiger partial charge in [-0.15, -0.1) is 12.4 Å². The number of piperidine rings is 1. The number of hydrogen-bond donors (Lipinski definition) is 2. The van der Waals surface area contributed by atoms with E-state index in [1.54, 1.807) is 33.5 Å². The summed E-state index contributed by atoms with van der Waals surface area (Å²) in [5.74, 6) is 2.15. The van der Waals surface area contributed by atoms with Crippen LogP contribution in [-0.4, -0.2) is 40.3 Å². The van der Waals surface area contributed by atoms with Crippen LogP contribution in [0.2, 0.25) is 0 Å². The van der Waals surface area contributed by atoms with E-state index in [9.17, 15) is 4.79 Å². The van der Waals surface area contributed by atoms with Crippen LogP contribution < -0.4 is 24.8 Å². The average Bonchev–Trinajstić information content (AvgIpc) is 2.60. The molecular formula is C17H27ClN2O4. The van der Waals surface area contributed by atoms with Gasteiger partial charge in [0.25, 0.3) is 0 Å². The van der Waals surface area contributed by atoms with Gasteiger partial charge in [0.05, 0.1) is 27.0 Å². The van der Waals surface area contributed by atoms with E-state index >= 15 is 0 Å². The number of benzene rings is 1. The van der Waals surface area contributed by atoms with E-state index in [2.05, 4.69) is 10.6 Å². The molecule has 0 unspecified atom stereocenters. The summed E-state index contributed by atoms with van der Waals surface area (Å²) >= 11 is 0. The number of hydrogen-bond acceptors (Lipinski definition) is 5. The molecule has 0 spiro atoms. The largest absolute Gasteiger partial charge is 0.493 e. The fraction of sp³-hybridized carbons (Fsp3) is 0.588. The van der Waals surface area contributed by atoms with Crippen LogP contribution in [0.1, 0.15) is 25.7 Å². The minimum atomic E-state index is -0.00551. The summed E-state index contributed by atoms with van der Waals surface area (Å²) in [5, 5.41) is 6.25. The lowest BCUT2D eigenvalue weighted by Gasteiger charge is -2.22. The maximum atomic E-state index is 12.2. The molecule has 1 heterocycles. The Hall–Kier alpha value is -1.66. The third-order valence-electron chi connectivity index (χ3n) is 4.22. The van der Waals surface area contributed by atoms with Crippen LogP contribution in [0.5, 0.6) is 17.2 Å². The highest BCUT2D eigenvalue weighted by Crippen LogP contribution is 2.42. The zero-order valence-electron chi connectivity index (χ0n) is 14.5. The van der Waals surface area contributed by atoms with Crippen molar-refractivity contribution in [2.75, 3.05) is 39.7 Å². The van der Waals surface area contributed by atoms with Gasteiger partial charge < -0.3 is 24.8 Å². The zero-order valence-corrected chi connectivity index (χ0v) is 15.3. The molecule has 24 heavy (non-hydrogen) atoms. The highest BCUT2D eigenvalue weighted by atomic mass is 35.5. The van der Waals surface area contributed by atoms with Gasteiger partial charge in [-0.3, -0.25) is 4.79 Å². The van der Waals surface area contributed by atoms with Gasteiger partial charge in [-0.1, -0.05) is 0 Å². The minimum Gasteiger partial charge on any atom is -0.493 e. The SMILES string of the molecule is COc1ccc(NC(=O)CCC2CCNCC2)c(OC)c1OC.Cl. The van der Waals surface area contributed by atoms with Crippen LogP contribution in [0.4, 0.5) is 5.69 Å². The molecule has 1 aliphatic heterocycles. The quantitative estimate of drug-likeness (QED) is 0.784. The molecular weight excluding hydrogens is 332 g/mol. The Morgan fingerprint density at radius 3 is 2.38 bits per heavy atom. The number of carbonyl (C=O) groups excluding carboxylic acids is 1. The molecule has 1 fully saturated rings. The summed E-state index contributed by atoms with van der Waals surface area (Å²) in [6, 6.07) is 3.52. The van der Waals surface area contributed by atoms with Gasteiger partial charge in [0.1, 0.15) is 0 Å². The normalized spacial score (nSPS) is 14.5. The Balaban J connectivity index is 0.00000288. The molecule has 0 aliphatic carbocycles. The lowest BCUT2D eigenvalue weighted by Crippen LogP contribution is -2.28. The number of halogens is 1. The molecule has 2 rings (SSSR count). The van der Waals surface area contributed by atoms with Crippen molar-refractivity contribution in [3.63, 3.8) is 0 Å². The van der Waals surface area contributed by atoms with Gasteiger partial charge >= 0.3 is 0 Å². The van der Waals surface area contributed by atoms with E-state index < -0.39 is 0 Å². The molecule has 0 atom stereocenters. The van der Waals surface area contributed by atoms with E-state index in [1.165, 1.54) is 0 Å². The van der Waals surface area contributed by atoms with Crippen molar-refractivity contribution in [2.45, 2.75) is 25.7 Å². The van der Waals surface area contributed by atoms with Crippen LogP contribution in [-0.2, 0) is 4.79 Å². The zero-order chi connectivity index (χ0) is 16.7. The predicted molar refractivity (Wildman–Crippen MR) is 96.8 cm³/mol. The molecule has 0 radical (unpaired) electrons. The van der Waals surface area contributed by atoms with E-state index in [-0.39, 0.29) is 18.3 Å². The van der Waals surface area contributed by atoms with Gasteiger partial charge in [0.15, 0.2) is 11.5 Å². The number of rotatable bonds is 7. The van der Waals surface area contributed by atoms with Crippen LogP contribution in [0.25, 0.3) is 0 Å². The number of amides is 1. The molecule has 6 nitrogen and oxygen atoms in total.